The summed E-state index contributed by atoms with van der Waals surface area (Å²) in [4.78, 5) is 2.30. The maximum absolute atomic E-state index is 12.4. The smallest absolute Gasteiger partial charge is 0.339 e. The third kappa shape index (κ3) is 7.09. The highest BCUT2D eigenvalue weighted by atomic mass is 32.2. The van der Waals surface area contributed by atoms with Crippen LogP contribution in [0.5, 0.6) is 5.75 Å². The second-order valence-corrected chi connectivity index (χ2v) is 10.8. The molecule has 0 aliphatic rings. The van der Waals surface area contributed by atoms with E-state index in [-0.39, 0.29) is 15.5 Å². The molecule has 30 heavy (non-hydrogen) atoms. The van der Waals surface area contributed by atoms with Crippen molar-refractivity contribution in [1.82, 2.24) is 9.62 Å². The zero-order valence-corrected chi connectivity index (χ0v) is 19.5. The largest absolute Gasteiger partial charge is 0.379 e. The molecule has 0 saturated heterocycles. The van der Waals surface area contributed by atoms with Crippen molar-refractivity contribution in [2.75, 3.05) is 20.1 Å². The van der Waals surface area contributed by atoms with Gasteiger partial charge in [0.15, 0.2) is 0 Å². The van der Waals surface area contributed by atoms with E-state index in [1.165, 1.54) is 36.4 Å². The van der Waals surface area contributed by atoms with Crippen molar-refractivity contribution in [1.29, 1.82) is 0 Å². The molecule has 9 heteroatoms. The summed E-state index contributed by atoms with van der Waals surface area (Å²) in [7, 11) is -5.61. The van der Waals surface area contributed by atoms with E-state index >= 15 is 0 Å². The summed E-state index contributed by atoms with van der Waals surface area (Å²) in [5.41, 5.74) is 0.933. The number of hydrogen-bond donors (Lipinski definition) is 1. The van der Waals surface area contributed by atoms with Gasteiger partial charge in [-0.15, -0.1) is 0 Å². The third-order valence-corrected chi connectivity index (χ3v) is 7.50. The van der Waals surface area contributed by atoms with Crippen molar-refractivity contribution < 1.29 is 21.0 Å². The lowest BCUT2D eigenvalue weighted by Gasteiger charge is -2.20. The molecule has 1 N–H and O–H groups in total. The van der Waals surface area contributed by atoms with Crippen molar-refractivity contribution in [3.63, 3.8) is 0 Å². The SMILES string of the molecule is Cc1ccc(S(=O)(=O)Oc2ccc(S(=O)(=O)NCCCCN(C)C(C)C)cc2)cc1. The first-order chi connectivity index (χ1) is 14.0. The Hall–Kier alpha value is -1.94. The first-order valence-corrected chi connectivity index (χ1v) is 12.7. The molecule has 166 valence electrons. The number of nitrogens with zero attached hydrogens (tertiary/aromatic N) is 1. The van der Waals surface area contributed by atoms with Crippen molar-refractivity contribution >= 4 is 20.1 Å². The number of unbranched alkanes of at least 4 members (excludes halogenated alkanes) is 1. The highest BCUT2D eigenvalue weighted by Crippen LogP contribution is 2.21. The minimum atomic E-state index is -3.98. The van der Waals surface area contributed by atoms with Gasteiger partial charge in [-0.25, -0.2) is 13.1 Å². The van der Waals surface area contributed by atoms with Crippen LogP contribution in [0.3, 0.4) is 0 Å². The zero-order valence-electron chi connectivity index (χ0n) is 17.8. The molecule has 0 aliphatic carbocycles. The van der Waals surface area contributed by atoms with Crippen molar-refractivity contribution in [2.24, 2.45) is 0 Å². The molecule has 0 heterocycles. The predicted molar refractivity (Wildman–Crippen MR) is 118 cm³/mol. The van der Waals surface area contributed by atoms with Gasteiger partial charge in [-0.1, -0.05) is 17.7 Å². The molecule has 2 aromatic carbocycles. The molecule has 0 radical (unpaired) electrons. The number of benzene rings is 2. The highest BCUT2D eigenvalue weighted by molar-refractivity contribution is 7.89. The fraction of sp³-hybridized carbons (Fsp3) is 0.429. The Kier molecular flexibility index (Phi) is 8.42. The van der Waals surface area contributed by atoms with Crippen LogP contribution in [0.2, 0.25) is 0 Å². The van der Waals surface area contributed by atoms with E-state index in [9.17, 15) is 16.8 Å². The number of aryl methyl sites for hydroxylation is 1. The molecule has 0 atom stereocenters. The molecule has 0 aromatic heterocycles. The number of sulfonamides is 1. The third-order valence-electron chi connectivity index (χ3n) is 4.76. The van der Waals surface area contributed by atoms with Gasteiger partial charge < -0.3 is 9.08 Å². The van der Waals surface area contributed by atoms with Crippen LogP contribution in [0.15, 0.2) is 58.3 Å². The Labute approximate surface area is 180 Å². The van der Waals surface area contributed by atoms with Crippen LogP contribution in [0.1, 0.15) is 32.3 Å². The van der Waals surface area contributed by atoms with Crippen LogP contribution in [0, 0.1) is 6.92 Å². The van der Waals surface area contributed by atoms with E-state index in [1.807, 2.05) is 14.0 Å². The van der Waals surface area contributed by atoms with Crippen LogP contribution in [0.25, 0.3) is 0 Å². The quantitative estimate of drug-likeness (QED) is 0.414. The summed E-state index contributed by atoms with van der Waals surface area (Å²) < 4.78 is 57.2. The lowest BCUT2D eigenvalue weighted by molar-refractivity contribution is 0.268. The first kappa shape index (κ1) is 24.3. The normalized spacial score (nSPS) is 12.5. The van der Waals surface area contributed by atoms with Crippen LogP contribution in [-0.4, -0.2) is 47.9 Å². The molecule has 0 unspecified atom stereocenters. The number of hydrogen-bond acceptors (Lipinski definition) is 6. The maximum Gasteiger partial charge on any atom is 0.339 e. The average molecular weight is 455 g/mol. The average Bonchev–Trinajstić information content (AvgIpc) is 2.68. The second kappa shape index (κ2) is 10.4. The van der Waals surface area contributed by atoms with Crippen LogP contribution < -0.4 is 8.91 Å². The van der Waals surface area contributed by atoms with Gasteiger partial charge in [0.05, 0.1) is 4.90 Å². The zero-order chi connectivity index (χ0) is 22.4. The predicted octanol–water partition coefficient (Wildman–Crippen LogP) is 3.16. The summed E-state index contributed by atoms with van der Waals surface area (Å²) in [6, 6.07) is 12.1. The molecule has 0 spiro atoms. The molecule has 0 bridgehead atoms. The Morgan fingerprint density at radius 1 is 0.900 bits per heavy atom. The van der Waals surface area contributed by atoms with E-state index in [0.29, 0.717) is 12.6 Å². The summed E-state index contributed by atoms with van der Waals surface area (Å²) >= 11 is 0. The van der Waals surface area contributed by atoms with Gasteiger partial charge in [0.1, 0.15) is 10.6 Å². The van der Waals surface area contributed by atoms with Crippen LogP contribution >= 0.6 is 0 Å². The van der Waals surface area contributed by atoms with Gasteiger partial charge in [0.25, 0.3) is 0 Å². The molecule has 2 aromatic rings. The molecule has 0 aliphatic heterocycles. The van der Waals surface area contributed by atoms with E-state index in [0.717, 1.165) is 24.9 Å². The summed E-state index contributed by atoms with van der Waals surface area (Å²) in [5.74, 6) is 0.0475. The number of rotatable bonds is 11. The highest BCUT2D eigenvalue weighted by Gasteiger charge is 2.18. The van der Waals surface area contributed by atoms with Gasteiger partial charge in [0, 0.05) is 12.6 Å². The lowest BCUT2D eigenvalue weighted by Crippen LogP contribution is -2.29. The Balaban J connectivity index is 1.93. The summed E-state index contributed by atoms with van der Waals surface area (Å²) in [5, 5.41) is 0. The second-order valence-electron chi connectivity index (χ2n) is 7.50. The molecule has 2 rings (SSSR count). The molecular formula is C21H30N2O5S2. The standard InChI is InChI=1S/C21H30N2O5S2/c1-17(2)23(4)16-6-5-15-22-29(24,25)20-13-9-19(10-14-20)28-30(26,27)21-11-7-18(3)8-12-21/h7-14,17,22H,5-6,15-16H2,1-4H3. The lowest BCUT2D eigenvalue weighted by atomic mass is 10.2. The van der Waals surface area contributed by atoms with Crippen molar-refractivity contribution in [2.45, 2.75) is 49.4 Å². The molecule has 7 nitrogen and oxygen atoms in total. The molecule has 0 fully saturated rings. The molecular weight excluding hydrogens is 424 g/mol. The van der Waals surface area contributed by atoms with Crippen LogP contribution in [-0.2, 0) is 20.1 Å². The fourth-order valence-electron chi connectivity index (χ4n) is 2.59. The summed E-state index contributed by atoms with van der Waals surface area (Å²) in [6.45, 7) is 7.33. The van der Waals surface area contributed by atoms with E-state index < -0.39 is 20.1 Å². The minimum absolute atomic E-state index is 0.0366. The van der Waals surface area contributed by atoms with E-state index in [4.69, 9.17) is 4.18 Å². The van der Waals surface area contributed by atoms with Gasteiger partial charge >= 0.3 is 10.1 Å². The Morgan fingerprint density at radius 3 is 2.03 bits per heavy atom. The fourth-order valence-corrected chi connectivity index (χ4v) is 4.59. The first-order valence-electron chi connectivity index (χ1n) is 9.82. The van der Waals surface area contributed by atoms with Crippen molar-refractivity contribution in [3.8, 4) is 5.75 Å². The topological polar surface area (TPSA) is 92.8 Å². The summed E-state index contributed by atoms with van der Waals surface area (Å²) in [6.07, 6.45) is 1.62. The van der Waals surface area contributed by atoms with E-state index in [2.05, 4.69) is 23.5 Å². The van der Waals surface area contributed by atoms with E-state index in [1.54, 1.807) is 12.1 Å². The van der Waals surface area contributed by atoms with Crippen molar-refractivity contribution in [3.05, 3.63) is 54.1 Å². The maximum atomic E-state index is 12.4. The van der Waals surface area contributed by atoms with Gasteiger partial charge in [-0.2, -0.15) is 8.42 Å². The molecule has 0 amide bonds. The monoisotopic (exact) mass is 454 g/mol. The Bertz CT molecular complexity index is 1020. The van der Waals surface area contributed by atoms with Crippen LogP contribution in [0.4, 0.5) is 0 Å². The Morgan fingerprint density at radius 2 is 1.47 bits per heavy atom. The van der Waals surface area contributed by atoms with Gasteiger partial charge in [0.2, 0.25) is 10.0 Å². The van der Waals surface area contributed by atoms with Gasteiger partial charge in [-0.05, 0) is 83.6 Å². The minimum Gasteiger partial charge on any atom is -0.379 e. The van der Waals surface area contributed by atoms with Gasteiger partial charge in [-0.3, -0.25) is 0 Å². The number of nitrogens with one attached hydrogen (secondary N) is 1. The molecule has 0 saturated carbocycles.